The lowest BCUT2D eigenvalue weighted by Crippen LogP contribution is -2.49. The van der Waals surface area contributed by atoms with E-state index < -0.39 is 40.8 Å². The van der Waals surface area contributed by atoms with Crippen LogP contribution < -0.4 is 4.90 Å². The van der Waals surface area contributed by atoms with Crippen LogP contribution in [0.1, 0.15) is 21.6 Å². The largest absolute Gasteiger partial charge is 0.434 e. The lowest BCUT2D eigenvalue weighted by molar-refractivity contribution is -0.143. The van der Waals surface area contributed by atoms with Crippen molar-refractivity contribution in [1.82, 2.24) is 24.6 Å². The maximum atomic E-state index is 13.9. The normalized spacial score (nSPS) is 15.1. The van der Waals surface area contributed by atoms with Crippen LogP contribution in [0.25, 0.3) is 5.69 Å². The molecular formula is C20H16F6N6O. The van der Waals surface area contributed by atoms with Crippen molar-refractivity contribution in [3.05, 3.63) is 65.7 Å². The van der Waals surface area contributed by atoms with Crippen molar-refractivity contribution in [3.8, 4) is 5.69 Å². The standard InChI is InChI=1S/C20H16F6N6O/c21-19(22,23)13-3-1-4-14(11-13)32-16(20(24,25)26)15(12-29-32)17(33)30-7-9-31(10-8-30)18-27-5-2-6-28-18/h1-6,11-12H,7-10H2. The molecular weight excluding hydrogens is 454 g/mol. The first-order chi connectivity index (χ1) is 15.6. The Bertz CT molecular complexity index is 1140. The molecule has 1 aromatic carbocycles. The first-order valence-electron chi connectivity index (χ1n) is 9.70. The van der Waals surface area contributed by atoms with Gasteiger partial charge in [0.15, 0.2) is 5.69 Å². The number of piperazine rings is 1. The van der Waals surface area contributed by atoms with Crippen LogP contribution in [0.5, 0.6) is 0 Å². The maximum absolute atomic E-state index is 13.9. The van der Waals surface area contributed by atoms with Crippen molar-refractivity contribution in [2.45, 2.75) is 12.4 Å². The highest BCUT2D eigenvalue weighted by molar-refractivity contribution is 5.95. The summed E-state index contributed by atoms with van der Waals surface area (Å²) in [5.74, 6) is -0.466. The van der Waals surface area contributed by atoms with Crippen LogP contribution in [0.4, 0.5) is 32.3 Å². The molecule has 2 aromatic heterocycles. The summed E-state index contributed by atoms with van der Waals surface area (Å²) in [4.78, 5) is 24.2. The topological polar surface area (TPSA) is 67.2 Å². The third-order valence-corrected chi connectivity index (χ3v) is 5.09. The van der Waals surface area contributed by atoms with E-state index in [1.807, 2.05) is 0 Å². The number of benzene rings is 1. The number of rotatable bonds is 3. The average Bonchev–Trinajstić information content (AvgIpc) is 3.25. The van der Waals surface area contributed by atoms with Crippen LogP contribution in [0, 0.1) is 0 Å². The molecule has 0 saturated carbocycles. The molecule has 0 spiro atoms. The van der Waals surface area contributed by atoms with E-state index in [-0.39, 0.29) is 13.1 Å². The molecule has 1 aliphatic heterocycles. The summed E-state index contributed by atoms with van der Waals surface area (Å²) in [5.41, 5.74) is -3.75. The summed E-state index contributed by atoms with van der Waals surface area (Å²) < 4.78 is 81.1. The van der Waals surface area contributed by atoms with Crippen LogP contribution in [0.3, 0.4) is 0 Å². The van der Waals surface area contributed by atoms with Crippen LogP contribution in [0.15, 0.2) is 48.9 Å². The highest BCUT2D eigenvalue weighted by atomic mass is 19.4. The third kappa shape index (κ3) is 4.61. The smallest absolute Gasteiger partial charge is 0.337 e. The van der Waals surface area contributed by atoms with Crippen LogP contribution in [0.2, 0.25) is 0 Å². The van der Waals surface area contributed by atoms with Gasteiger partial charge in [0.25, 0.3) is 5.91 Å². The molecule has 4 rings (SSSR count). The molecule has 0 radical (unpaired) electrons. The number of aromatic nitrogens is 4. The van der Waals surface area contributed by atoms with Crippen molar-refractivity contribution in [2.75, 3.05) is 31.1 Å². The zero-order valence-electron chi connectivity index (χ0n) is 16.8. The zero-order valence-corrected chi connectivity index (χ0v) is 16.8. The minimum absolute atomic E-state index is 0.114. The molecule has 0 unspecified atom stereocenters. The molecule has 0 aliphatic carbocycles. The predicted molar refractivity (Wildman–Crippen MR) is 104 cm³/mol. The number of anilines is 1. The molecule has 174 valence electrons. The Morgan fingerprint density at radius 1 is 0.879 bits per heavy atom. The van der Waals surface area contributed by atoms with Gasteiger partial charge in [-0.1, -0.05) is 6.07 Å². The van der Waals surface area contributed by atoms with Gasteiger partial charge in [-0.25, -0.2) is 14.6 Å². The first kappa shape index (κ1) is 22.6. The monoisotopic (exact) mass is 470 g/mol. The lowest BCUT2D eigenvalue weighted by atomic mass is 10.1. The number of hydrogen-bond acceptors (Lipinski definition) is 5. The summed E-state index contributed by atoms with van der Waals surface area (Å²) in [7, 11) is 0. The fourth-order valence-corrected chi connectivity index (χ4v) is 3.52. The van der Waals surface area contributed by atoms with Gasteiger partial charge in [-0.15, -0.1) is 0 Å². The van der Waals surface area contributed by atoms with Gasteiger partial charge < -0.3 is 9.80 Å². The Morgan fingerprint density at radius 2 is 1.55 bits per heavy atom. The molecule has 7 nitrogen and oxygen atoms in total. The number of hydrogen-bond donors (Lipinski definition) is 0. The molecule has 1 aliphatic rings. The summed E-state index contributed by atoms with van der Waals surface area (Å²) in [6.07, 6.45) is -5.94. The molecule has 3 aromatic rings. The number of alkyl halides is 6. The summed E-state index contributed by atoms with van der Waals surface area (Å²) in [6.45, 7) is 0.837. The molecule has 1 fully saturated rings. The lowest BCUT2D eigenvalue weighted by Gasteiger charge is -2.34. The van der Waals surface area contributed by atoms with E-state index in [1.54, 1.807) is 23.4 Å². The van der Waals surface area contributed by atoms with Crippen LogP contribution >= 0.6 is 0 Å². The van der Waals surface area contributed by atoms with E-state index in [0.717, 1.165) is 24.4 Å². The van der Waals surface area contributed by atoms with E-state index in [9.17, 15) is 31.1 Å². The molecule has 13 heteroatoms. The highest BCUT2D eigenvalue weighted by Crippen LogP contribution is 2.36. The Hall–Kier alpha value is -3.64. The Morgan fingerprint density at radius 3 is 2.15 bits per heavy atom. The van der Waals surface area contributed by atoms with Gasteiger partial charge in [0, 0.05) is 38.6 Å². The molecule has 0 bridgehead atoms. The van der Waals surface area contributed by atoms with Gasteiger partial charge in [-0.05, 0) is 24.3 Å². The van der Waals surface area contributed by atoms with Crippen molar-refractivity contribution < 1.29 is 31.1 Å². The second-order valence-electron chi connectivity index (χ2n) is 7.19. The quantitative estimate of drug-likeness (QED) is 0.547. The SMILES string of the molecule is O=C(c1cnn(-c2cccc(C(F)(F)F)c2)c1C(F)(F)F)N1CCN(c2ncccn2)CC1. The average molecular weight is 470 g/mol. The number of carbonyl (C=O) groups excluding carboxylic acids is 1. The predicted octanol–water partition coefficient (Wildman–Crippen LogP) is 3.66. The second-order valence-corrected chi connectivity index (χ2v) is 7.19. The van der Waals surface area contributed by atoms with Gasteiger partial charge in [-0.2, -0.15) is 31.4 Å². The van der Waals surface area contributed by atoms with Gasteiger partial charge in [-0.3, -0.25) is 4.79 Å². The molecule has 3 heterocycles. The van der Waals surface area contributed by atoms with E-state index in [2.05, 4.69) is 15.1 Å². The summed E-state index contributed by atoms with van der Waals surface area (Å²) in [6, 6.07) is 4.97. The Balaban J connectivity index is 1.62. The second kappa shape index (κ2) is 8.37. The third-order valence-electron chi connectivity index (χ3n) is 5.09. The van der Waals surface area contributed by atoms with Crippen molar-refractivity contribution in [3.63, 3.8) is 0 Å². The molecule has 0 N–H and O–H groups in total. The van der Waals surface area contributed by atoms with E-state index in [0.29, 0.717) is 29.8 Å². The number of amides is 1. The van der Waals surface area contributed by atoms with Crippen molar-refractivity contribution in [2.24, 2.45) is 0 Å². The minimum atomic E-state index is -5.03. The van der Waals surface area contributed by atoms with E-state index in [1.165, 1.54) is 4.90 Å². The van der Waals surface area contributed by atoms with Gasteiger partial charge in [0.2, 0.25) is 5.95 Å². The van der Waals surface area contributed by atoms with Gasteiger partial charge in [0.1, 0.15) is 0 Å². The number of halogens is 6. The summed E-state index contributed by atoms with van der Waals surface area (Å²) in [5, 5.41) is 3.61. The Labute approximate surface area is 183 Å². The van der Waals surface area contributed by atoms with Crippen LogP contribution in [-0.2, 0) is 12.4 Å². The molecule has 1 amide bonds. The Kier molecular flexibility index (Phi) is 5.72. The minimum Gasteiger partial charge on any atom is -0.337 e. The molecule has 33 heavy (non-hydrogen) atoms. The summed E-state index contributed by atoms with van der Waals surface area (Å²) >= 11 is 0. The fourth-order valence-electron chi connectivity index (χ4n) is 3.52. The number of carbonyl (C=O) groups is 1. The zero-order chi connectivity index (χ0) is 23.8. The molecule has 1 saturated heterocycles. The van der Waals surface area contributed by atoms with Crippen molar-refractivity contribution >= 4 is 11.9 Å². The van der Waals surface area contributed by atoms with Gasteiger partial charge >= 0.3 is 12.4 Å². The van der Waals surface area contributed by atoms with E-state index in [4.69, 9.17) is 0 Å². The fraction of sp³-hybridized carbons (Fsp3) is 0.300. The van der Waals surface area contributed by atoms with Crippen LogP contribution in [-0.4, -0.2) is 56.7 Å². The van der Waals surface area contributed by atoms with Gasteiger partial charge in [0.05, 0.1) is 23.0 Å². The number of nitrogens with zero attached hydrogens (tertiary/aromatic N) is 6. The van der Waals surface area contributed by atoms with Crippen molar-refractivity contribution in [1.29, 1.82) is 0 Å². The van der Waals surface area contributed by atoms with E-state index >= 15 is 0 Å². The highest BCUT2D eigenvalue weighted by Gasteiger charge is 2.42. The maximum Gasteiger partial charge on any atom is 0.434 e. The molecule has 0 atom stereocenters. The first-order valence-corrected chi connectivity index (χ1v) is 9.70.